The molecule has 0 saturated heterocycles. The maximum atomic E-state index is 9.34. The van der Waals surface area contributed by atoms with Crippen molar-refractivity contribution in [2.24, 2.45) is 11.8 Å². The molecule has 1 aromatic rings. The van der Waals surface area contributed by atoms with Crippen LogP contribution in [0.2, 0.25) is 0 Å². The lowest BCUT2D eigenvalue weighted by atomic mass is 9.85. The third-order valence-corrected chi connectivity index (χ3v) is 3.50. The van der Waals surface area contributed by atoms with Crippen LogP contribution in [0.4, 0.5) is 0 Å². The molecule has 1 heteroatoms. The highest BCUT2D eigenvalue weighted by molar-refractivity contribution is 5.27. The van der Waals surface area contributed by atoms with Gasteiger partial charge in [0.05, 0.1) is 0 Å². The van der Waals surface area contributed by atoms with Gasteiger partial charge in [0.15, 0.2) is 0 Å². The number of benzene rings is 1. The summed E-state index contributed by atoms with van der Waals surface area (Å²) in [4.78, 5) is 0. The van der Waals surface area contributed by atoms with Crippen molar-refractivity contribution in [3.05, 3.63) is 35.4 Å². The Morgan fingerprint density at radius 2 is 1.59 bits per heavy atom. The fourth-order valence-electron chi connectivity index (χ4n) is 1.95. The van der Waals surface area contributed by atoms with Crippen LogP contribution in [0, 0.1) is 11.8 Å². The Morgan fingerprint density at radius 3 is 1.94 bits per heavy atom. The molecule has 0 aliphatic heterocycles. The van der Waals surface area contributed by atoms with E-state index in [2.05, 4.69) is 58.9 Å². The minimum absolute atomic E-state index is 0.215. The number of hydrogen-bond acceptors (Lipinski definition) is 1. The van der Waals surface area contributed by atoms with E-state index in [4.69, 9.17) is 0 Å². The molecule has 1 atom stereocenters. The van der Waals surface area contributed by atoms with E-state index in [0.717, 1.165) is 6.42 Å². The van der Waals surface area contributed by atoms with Crippen molar-refractivity contribution in [2.75, 3.05) is 6.61 Å². The maximum absolute atomic E-state index is 9.34. The monoisotopic (exact) mass is 234 g/mol. The van der Waals surface area contributed by atoms with Crippen molar-refractivity contribution in [3.8, 4) is 0 Å². The van der Waals surface area contributed by atoms with Crippen LogP contribution in [-0.4, -0.2) is 11.7 Å². The zero-order chi connectivity index (χ0) is 13.1. The molecule has 0 aliphatic carbocycles. The van der Waals surface area contributed by atoms with Crippen molar-refractivity contribution in [1.82, 2.24) is 0 Å². The Bertz CT molecular complexity index is 330. The molecule has 0 aliphatic rings. The average Bonchev–Trinajstić information content (AvgIpc) is 2.25. The standard InChI is InChI=1S/C16H26O/c1-12(2)14(11-17)10-13-6-8-15(9-7-13)16(3,4)5/h6-9,12,14,17H,10-11H2,1-5H3/t14-/m1/s1. The minimum Gasteiger partial charge on any atom is -0.396 e. The minimum atomic E-state index is 0.215. The Balaban J connectivity index is 2.75. The zero-order valence-corrected chi connectivity index (χ0v) is 11.8. The number of aliphatic hydroxyl groups excluding tert-OH is 1. The Hall–Kier alpha value is -0.820. The lowest BCUT2D eigenvalue weighted by Gasteiger charge is -2.21. The molecule has 0 unspecified atom stereocenters. The van der Waals surface area contributed by atoms with Crippen LogP contribution in [0.15, 0.2) is 24.3 Å². The van der Waals surface area contributed by atoms with Crippen molar-refractivity contribution in [1.29, 1.82) is 0 Å². The molecule has 96 valence electrons. The van der Waals surface area contributed by atoms with Gasteiger partial charge in [0.2, 0.25) is 0 Å². The van der Waals surface area contributed by atoms with Gasteiger partial charge in [0.25, 0.3) is 0 Å². The second kappa shape index (κ2) is 5.68. The predicted molar refractivity (Wildman–Crippen MR) is 74.3 cm³/mol. The van der Waals surface area contributed by atoms with Crippen LogP contribution in [0.3, 0.4) is 0 Å². The van der Waals surface area contributed by atoms with Gasteiger partial charge in [-0.1, -0.05) is 58.9 Å². The molecule has 1 nitrogen and oxygen atoms in total. The first-order chi connectivity index (χ1) is 7.84. The molecule has 0 saturated carbocycles. The Morgan fingerprint density at radius 1 is 1.06 bits per heavy atom. The molecule has 0 bridgehead atoms. The molecule has 1 rings (SSSR count). The van der Waals surface area contributed by atoms with Gasteiger partial charge < -0.3 is 5.11 Å². The van der Waals surface area contributed by atoms with Crippen molar-refractivity contribution < 1.29 is 5.11 Å². The highest BCUT2D eigenvalue weighted by Crippen LogP contribution is 2.23. The van der Waals surface area contributed by atoms with Gasteiger partial charge in [-0.05, 0) is 34.8 Å². The molecule has 0 radical (unpaired) electrons. The molecule has 1 N–H and O–H groups in total. The summed E-state index contributed by atoms with van der Waals surface area (Å²) in [6.45, 7) is 11.3. The van der Waals surface area contributed by atoms with E-state index in [1.165, 1.54) is 11.1 Å². The number of rotatable bonds is 4. The molecule has 0 spiro atoms. The van der Waals surface area contributed by atoms with E-state index in [1.54, 1.807) is 0 Å². The molecule has 0 fully saturated rings. The zero-order valence-electron chi connectivity index (χ0n) is 11.8. The fraction of sp³-hybridized carbons (Fsp3) is 0.625. The third-order valence-electron chi connectivity index (χ3n) is 3.50. The van der Waals surface area contributed by atoms with E-state index in [0.29, 0.717) is 11.8 Å². The van der Waals surface area contributed by atoms with Gasteiger partial charge in [-0.3, -0.25) is 0 Å². The predicted octanol–water partition coefficient (Wildman–Crippen LogP) is 3.79. The van der Waals surface area contributed by atoms with Gasteiger partial charge in [0, 0.05) is 6.61 Å². The molecule has 0 amide bonds. The summed E-state index contributed by atoms with van der Waals surface area (Å²) < 4.78 is 0. The molecule has 17 heavy (non-hydrogen) atoms. The average molecular weight is 234 g/mol. The highest BCUT2D eigenvalue weighted by Gasteiger charge is 2.15. The first-order valence-corrected chi connectivity index (χ1v) is 6.55. The van der Waals surface area contributed by atoms with Gasteiger partial charge >= 0.3 is 0 Å². The van der Waals surface area contributed by atoms with E-state index in [-0.39, 0.29) is 12.0 Å². The topological polar surface area (TPSA) is 20.2 Å². The van der Waals surface area contributed by atoms with Crippen LogP contribution in [-0.2, 0) is 11.8 Å². The maximum Gasteiger partial charge on any atom is 0.0464 e. The summed E-state index contributed by atoms with van der Waals surface area (Å²) in [6.07, 6.45) is 0.971. The SMILES string of the molecule is CC(C)[C@@H](CO)Cc1ccc(C(C)(C)C)cc1. The molecule has 0 heterocycles. The van der Waals surface area contributed by atoms with Gasteiger partial charge in [-0.25, -0.2) is 0 Å². The van der Waals surface area contributed by atoms with Crippen molar-refractivity contribution in [2.45, 2.75) is 46.5 Å². The lowest BCUT2D eigenvalue weighted by Crippen LogP contribution is -2.16. The van der Waals surface area contributed by atoms with Crippen molar-refractivity contribution >= 4 is 0 Å². The highest BCUT2D eigenvalue weighted by atomic mass is 16.3. The van der Waals surface area contributed by atoms with Crippen LogP contribution < -0.4 is 0 Å². The van der Waals surface area contributed by atoms with Gasteiger partial charge in [-0.15, -0.1) is 0 Å². The quantitative estimate of drug-likeness (QED) is 0.840. The van der Waals surface area contributed by atoms with E-state index in [9.17, 15) is 5.11 Å². The van der Waals surface area contributed by atoms with Crippen LogP contribution in [0.5, 0.6) is 0 Å². The van der Waals surface area contributed by atoms with Crippen LogP contribution >= 0.6 is 0 Å². The second-order valence-electron chi connectivity index (χ2n) is 6.34. The Labute approximate surface area is 106 Å². The second-order valence-corrected chi connectivity index (χ2v) is 6.34. The number of aliphatic hydroxyl groups is 1. The normalized spacial score (nSPS) is 14.1. The van der Waals surface area contributed by atoms with Crippen LogP contribution in [0.25, 0.3) is 0 Å². The largest absolute Gasteiger partial charge is 0.396 e. The van der Waals surface area contributed by atoms with Crippen LogP contribution in [0.1, 0.15) is 45.7 Å². The summed E-state index contributed by atoms with van der Waals surface area (Å²) >= 11 is 0. The first kappa shape index (κ1) is 14.2. The van der Waals surface area contributed by atoms with Gasteiger partial charge in [-0.2, -0.15) is 0 Å². The summed E-state index contributed by atoms with van der Waals surface area (Å²) in [6, 6.07) is 8.82. The summed E-state index contributed by atoms with van der Waals surface area (Å²) in [5, 5.41) is 9.34. The molecule has 1 aromatic carbocycles. The number of hydrogen-bond donors (Lipinski definition) is 1. The summed E-state index contributed by atoms with van der Waals surface area (Å²) in [5.74, 6) is 0.901. The molecule has 0 aromatic heterocycles. The van der Waals surface area contributed by atoms with Crippen molar-refractivity contribution in [3.63, 3.8) is 0 Å². The van der Waals surface area contributed by atoms with E-state index in [1.807, 2.05) is 0 Å². The first-order valence-electron chi connectivity index (χ1n) is 6.55. The Kier molecular flexibility index (Phi) is 4.76. The smallest absolute Gasteiger partial charge is 0.0464 e. The molecular weight excluding hydrogens is 208 g/mol. The molecular formula is C16H26O. The fourth-order valence-corrected chi connectivity index (χ4v) is 1.95. The summed E-state index contributed by atoms with van der Waals surface area (Å²) in [7, 11) is 0. The van der Waals surface area contributed by atoms with E-state index >= 15 is 0 Å². The summed E-state index contributed by atoms with van der Waals surface area (Å²) in [5.41, 5.74) is 2.91. The van der Waals surface area contributed by atoms with Gasteiger partial charge in [0.1, 0.15) is 0 Å². The third kappa shape index (κ3) is 4.16. The van der Waals surface area contributed by atoms with E-state index < -0.39 is 0 Å². The lowest BCUT2D eigenvalue weighted by molar-refractivity contribution is 0.189.